The fourth-order valence-electron chi connectivity index (χ4n) is 3.78. The van der Waals surface area contributed by atoms with Crippen molar-refractivity contribution in [3.8, 4) is 11.5 Å². The lowest BCUT2D eigenvalue weighted by Gasteiger charge is -2.19. The van der Waals surface area contributed by atoms with E-state index >= 15 is 0 Å². The van der Waals surface area contributed by atoms with Gasteiger partial charge in [-0.25, -0.2) is 13.1 Å². The SMILES string of the molecule is CS(=O)(=O)NC[C@@H]1CO[C@@H]2CN(Cc3ccc4c(c3)OCO4)C[C@H]12. The molecule has 3 heterocycles. The molecule has 3 atom stereocenters. The van der Waals surface area contributed by atoms with E-state index in [1.54, 1.807) is 0 Å². The van der Waals surface area contributed by atoms with Crippen LogP contribution >= 0.6 is 0 Å². The molecule has 0 aliphatic carbocycles. The average Bonchev–Trinajstić information content (AvgIpc) is 3.19. The minimum absolute atomic E-state index is 0.199. The Kier molecular flexibility index (Phi) is 4.16. The van der Waals surface area contributed by atoms with E-state index in [0.29, 0.717) is 19.1 Å². The number of hydrogen-bond acceptors (Lipinski definition) is 6. The van der Waals surface area contributed by atoms with Crippen molar-refractivity contribution >= 4 is 10.0 Å². The van der Waals surface area contributed by atoms with Crippen LogP contribution in [0.4, 0.5) is 0 Å². The molecular weight excluding hydrogens is 332 g/mol. The Morgan fingerprint density at radius 2 is 2.08 bits per heavy atom. The summed E-state index contributed by atoms with van der Waals surface area (Å²) in [7, 11) is -3.15. The summed E-state index contributed by atoms with van der Waals surface area (Å²) < 4.78 is 41.8. The van der Waals surface area contributed by atoms with Crippen molar-refractivity contribution in [1.29, 1.82) is 0 Å². The molecular formula is C16H22N2O5S. The third kappa shape index (κ3) is 3.37. The van der Waals surface area contributed by atoms with Crippen LogP contribution in [0.25, 0.3) is 0 Å². The van der Waals surface area contributed by atoms with Gasteiger partial charge in [0.25, 0.3) is 0 Å². The minimum atomic E-state index is -3.15. The summed E-state index contributed by atoms with van der Waals surface area (Å²) in [6.45, 7) is 4.02. The monoisotopic (exact) mass is 354 g/mol. The molecule has 3 aliphatic heterocycles. The van der Waals surface area contributed by atoms with E-state index in [-0.39, 0.29) is 18.8 Å². The Labute approximate surface area is 141 Å². The molecule has 0 bridgehead atoms. The number of hydrogen-bond donors (Lipinski definition) is 1. The Bertz CT molecular complexity index is 723. The van der Waals surface area contributed by atoms with Gasteiger partial charge in [0.2, 0.25) is 16.8 Å². The van der Waals surface area contributed by atoms with Gasteiger partial charge < -0.3 is 14.2 Å². The zero-order valence-electron chi connectivity index (χ0n) is 13.6. The zero-order chi connectivity index (χ0) is 16.7. The molecule has 0 amide bonds. The second-order valence-electron chi connectivity index (χ2n) is 6.80. The van der Waals surface area contributed by atoms with Crippen LogP contribution in [0.2, 0.25) is 0 Å². The fraction of sp³-hybridized carbons (Fsp3) is 0.625. The van der Waals surface area contributed by atoms with Crippen LogP contribution in [0.1, 0.15) is 5.56 Å². The maximum Gasteiger partial charge on any atom is 0.231 e. The molecule has 2 saturated heterocycles. The molecule has 0 unspecified atom stereocenters. The van der Waals surface area contributed by atoms with Crippen molar-refractivity contribution in [2.24, 2.45) is 11.8 Å². The van der Waals surface area contributed by atoms with Gasteiger partial charge in [0, 0.05) is 38.0 Å². The van der Waals surface area contributed by atoms with E-state index < -0.39 is 10.0 Å². The largest absolute Gasteiger partial charge is 0.454 e. The van der Waals surface area contributed by atoms with Crippen molar-refractivity contribution in [1.82, 2.24) is 9.62 Å². The molecule has 4 rings (SSSR count). The summed E-state index contributed by atoms with van der Waals surface area (Å²) >= 11 is 0. The van der Waals surface area contributed by atoms with Crippen molar-refractivity contribution in [2.45, 2.75) is 12.6 Å². The van der Waals surface area contributed by atoms with Crippen LogP contribution in [0.15, 0.2) is 18.2 Å². The summed E-state index contributed by atoms with van der Waals surface area (Å²) in [4.78, 5) is 2.36. The third-order valence-corrected chi connectivity index (χ3v) is 5.66. The summed E-state index contributed by atoms with van der Waals surface area (Å²) in [6.07, 6.45) is 1.39. The van der Waals surface area contributed by atoms with E-state index in [1.165, 1.54) is 11.8 Å². The standard InChI is InChI=1S/C16H22N2O5S/c1-24(19,20)17-5-12-9-21-16-8-18(7-13(12)16)6-11-2-3-14-15(4-11)23-10-22-14/h2-4,12-13,16-17H,5-10H2,1H3/t12-,13-,16-/m1/s1. The molecule has 0 aromatic heterocycles. The smallest absolute Gasteiger partial charge is 0.231 e. The molecule has 7 nitrogen and oxygen atoms in total. The van der Waals surface area contributed by atoms with Gasteiger partial charge in [0.15, 0.2) is 11.5 Å². The van der Waals surface area contributed by atoms with Crippen LogP contribution in [-0.2, 0) is 21.3 Å². The van der Waals surface area contributed by atoms with Gasteiger partial charge in [-0.2, -0.15) is 0 Å². The Balaban J connectivity index is 1.36. The lowest BCUT2D eigenvalue weighted by atomic mass is 9.93. The highest BCUT2D eigenvalue weighted by atomic mass is 32.2. The molecule has 8 heteroatoms. The van der Waals surface area contributed by atoms with Gasteiger partial charge >= 0.3 is 0 Å². The maximum atomic E-state index is 11.3. The summed E-state index contributed by atoms with van der Waals surface area (Å²) in [5, 5.41) is 0. The molecule has 0 radical (unpaired) electrons. The highest BCUT2D eigenvalue weighted by Crippen LogP contribution is 2.36. The van der Waals surface area contributed by atoms with Crippen molar-refractivity contribution < 1.29 is 22.6 Å². The van der Waals surface area contributed by atoms with Gasteiger partial charge in [-0.1, -0.05) is 6.07 Å². The van der Waals surface area contributed by atoms with E-state index in [1.807, 2.05) is 12.1 Å². The Morgan fingerprint density at radius 1 is 1.25 bits per heavy atom. The molecule has 0 saturated carbocycles. The van der Waals surface area contributed by atoms with Crippen LogP contribution in [0.3, 0.4) is 0 Å². The number of likely N-dealkylation sites (tertiary alicyclic amines) is 1. The molecule has 1 N–H and O–H groups in total. The van der Waals surface area contributed by atoms with Gasteiger partial charge in [-0.05, 0) is 17.7 Å². The molecule has 3 aliphatic rings. The first-order valence-corrected chi connectivity index (χ1v) is 10.0. The topological polar surface area (TPSA) is 77.1 Å². The number of ether oxygens (including phenoxy) is 3. The predicted molar refractivity (Wildman–Crippen MR) is 87.4 cm³/mol. The second-order valence-corrected chi connectivity index (χ2v) is 8.63. The number of fused-ring (bicyclic) bond motifs is 2. The number of benzene rings is 1. The molecule has 0 spiro atoms. The quantitative estimate of drug-likeness (QED) is 0.825. The van der Waals surface area contributed by atoms with E-state index in [0.717, 1.165) is 31.1 Å². The fourth-order valence-corrected chi connectivity index (χ4v) is 4.29. The highest BCUT2D eigenvalue weighted by molar-refractivity contribution is 7.88. The lowest BCUT2D eigenvalue weighted by Crippen LogP contribution is -2.33. The third-order valence-electron chi connectivity index (χ3n) is 4.97. The number of nitrogens with one attached hydrogen (secondary N) is 1. The number of nitrogens with zero attached hydrogens (tertiary/aromatic N) is 1. The molecule has 132 valence electrons. The zero-order valence-corrected chi connectivity index (χ0v) is 14.4. The number of rotatable bonds is 5. The first-order chi connectivity index (χ1) is 11.5. The summed E-state index contributed by atoms with van der Waals surface area (Å²) in [5.41, 5.74) is 1.19. The maximum absolute atomic E-state index is 11.3. The van der Waals surface area contributed by atoms with Crippen molar-refractivity contribution in [3.63, 3.8) is 0 Å². The van der Waals surface area contributed by atoms with Crippen LogP contribution in [0, 0.1) is 11.8 Å². The summed E-state index contributed by atoms with van der Waals surface area (Å²) in [5.74, 6) is 2.23. The van der Waals surface area contributed by atoms with Crippen molar-refractivity contribution in [2.75, 3.05) is 39.3 Å². The van der Waals surface area contributed by atoms with Crippen LogP contribution < -0.4 is 14.2 Å². The normalized spacial score (nSPS) is 29.1. The molecule has 2 fully saturated rings. The van der Waals surface area contributed by atoms with Crippen LogP contribution in [-0.4, -0.2) is 58.7 Å². The second kappa shape index (κ2) is 6.18. The molecule has 24 heavy (non-hydrogen) atoms. The van der Waals surface area contributed by atoms with Gasteiger partial charge in [-0.3, -0.25) is 4.90 Å². The predicted octanol–water partition coefficient (Wildman–Crippen LogP) is 0.411. The van der Waals surface area contributed by atoms with E-state index in [2.05, 4.69) is 15.7 Å². The molecule has 1 aromatic rings. The number of sulfonamides is 1. The Morgan fingerprint density at radius 3 is 2.92 bits per heavy atom. The minimum Gasteiger partial charge on any atom is -0.454 e. The van der Waals surface area contributed by atoms with E-state index in [9.17, 15) is 8.42 Å². The molecule has 1 aromatic carbocycles. The van der Waals surface area contributed by atoms with Gasteiger partial charge in [0.05, 0.1) is 19.0 Å². The lowest BCUT2D eigenvalue weighted by molar-refractivity contribution is 0.0942. The van der Waals surface area contributed by atoms with Gasteiger partial charge in [-0.15, -0.1) is 0 Å². The average molecular weight is 354 g/mol. The Hall–Kier alpha value is -1.35. The van der Waals surface area contributed by atoms with Gasteiger partial charge in [0.1, 0.15) is 0 Å². The van der Waals surface area contributed by atoms with Crippen LogP contribution in [0.5, 0.6) is 11.5 Å². The first kappa shape index (κ1) is 16.1. The highest BCUT2D eigenvalue weighted by Gasteiger charge is 2.43. The van der Waals surface area contributed by atoms with E-state index in [4.69, 9.17) is 14.2 Å². The first-order valence-electron chi connectivity index (χ1n) is 8.15. The van der Waals surface area contributed by atoms with Crippen molar-refractivity contribution in [3.05, 3.63) is 23.8 Å². The summed E-state index contributed by atoms with van der Waals surface area (Å²) in [6, 6.07) is 6.04.